The van der Waals surface area contributed by atoms with Crippen LogP contribution >= 0.6 is 0 Å². The van der Waals surface area contributed by atoms with Crippen molar-refractivity contribution in [2.75, 3.05) is 0 Å². The van der Waals surface area contributed by atoms with Gasteiger partial charge in [0.1, 0.15) is 11.3 Å². The highest BCUT2D eigenvalue weighted by Crippen LogP contribution is 2.30. The van der Waals surface area contributed by atoms with Gasteiger partial charge in [-0.2, -0.15) is 0 Å². The summed E-state index contributed by atoms with van der Waals surface area (Å²) in [7, 11) is 0. The Morgan fingerprint density at radius 2 is 2.07 bits per heavy atom. The lowest BCUT2D eigenvalue weighted by atomic mass is 10.1. The molecule has 0 aliphatic carbocycles. The van der Waals surface area contributed by atoms with Gasteiger partial charge in [0.25, 0.3) is 5.69 Å². The van der Waals surface area contributed by atoms with Gasteiger partial charge in [-0.15, -0.1) is 0 Å². The number of aromatic hydroxyl groups is 1. The topological polar surface area (TPSA) is 76.3 Å². The van der Waals surface area contributed by atoms with E-state index in [9.17, 15) is 15.2 Å². The number of nitro groups is 1. The molecule has 2 aromatic rings. The van der Waals surface area contributed by atoms with Crippen LogP contribution in [0.5, 0.6) is 5.75 Å². The van der Waals surface area contributed by atoms with Crippen LogP contribution in [0.25, 0.3) is 10.9 Å². The van der Waals surface area contributed by atoms with Crippen molar-refractivity contribution in [1.29, 1.82) is 0 Å². The van der Waals surface area contributed by atoms with E-state index < -0.39 is 4.92 Å². The minimum absolute atomic E-state index is 0.0423. The highest BCUT2D eigenvalue weighted by Gasteiger charge is 2.14. The first-order chi connectivity index (χ1) is 7.09. The normalized spacial score (nSPS) is 10.5. The molecule has 0 aliphatic heterocycles. The average molecular weight is 204 g/mol. The Hall–Kier alpha value is -2.17. The number of aromatic nitrogens is 1. The maximum Gasteiger partial charge on any atom is 0.279 e. The van der Waals surface area contributed by atoms with E-state index in [0.29, 0.717) is 11.1 Å². The average Bonchev–Trinajstić information content (AvgIpc) is 2.19. The number of aryl methyl sites for hydroxylation is 1. The van der Waals surface area contributed by atoms with Gasteiger partial charge >= 0.3 is 0 Å². The number of non-ortho nitro benzene ring substituents is 1. The van der Waals surface area contributed by atoms with E-state index in [1.165, 1.54) is 12.1 Å². The Balaban J connectivity index is 2.88. The molecule has 1 aromatic carbocycles. The molecular formula is C10H8N2O3. The summed E-state index contributed by atoms with van der Waals surface area (Å²) < 4.78 is 0. The van der Waals surface area contributed by atoms with E-state index in [1.807, 2.05) is 0 Å². The SMILES string of the molecule is Cc1ccc2c([N+](=O)[O-])ccc(O)c2n1. The summed E-state index contributed by atoms with van der Waals surface area (Å²) in [6.45, 7) is 1.76. The van der Waals surface area contributed by atoms with Crippen LogP contribution in [0.3, 0.4) is 0 Å². The van der Waals surface area contributed by atoms with Crippen molar-refractivity contribution < 1.29 is 10.0 Å². The number of fused-ring (bicyclic) bond motifs is 1. The highest BCUT2D eigenvalue weighted by atomic mass is 16.6. The van der Waals surface area contributed by atoms with E-state index in [1.54, 1.807) is 19.1 Å². The van der Waals surface area contributed by atoms with Gasteiger partial charge in [-0.05, 0) is 25.1 Å². The van der Waals surface area contributed by atoms with Gasteiger partial charge < -0.3 is 5.11 Å². The first-order valence-corrected chi connectivity index (χ1v) is 4.33. The first kappa shape index (κ1) is 9.39. The third kappa shape index (κ3) is 1.48. The fraction of sp³-hybridized carbons (Fsp3) is 0.100. The molecule has 0 bridgehead atoms. The zero-order valence-electron chi connectivity index (χ0n) is 7.97. The number of pyridine rings is 1. The predicted octanol–water partition coefficient (Wildman–Crippen LogP) is 2.16. The lowest BCUT2D eigenvalue weighted by molar-refractivity contribution is -0.383. The second-order valence-corrected chi connectivity index (χ2v) is 3.21. The van der Waals surface area contributed by atoms with E-state index in [4.69, 9.17) is 0 Å². The van der Waals surface area contributed by atoms with Gasteiger partial charge in [-0.25, -0.2) is 4.98 Å². The van der Waals surface area contributed by atoms with Crippen molar-refractivity contribution in [1.82, 2.24) is 4.98 Å². The molecule has 1 N–H and O–H groups in total. The van der Waals surface area contributed by atoms with Gasteiger partial charge in [0.2, 0.25) is 0 Å². The molecule has 0 amide bonds. The molecular weight excluding hydrogens is 196 g/mol. The van der Waals surface area contributed by atoms with Gasteiger partial charge in [-0.1, -0.05) is 0 Å². The standard InChI is InChI=1S/C10H8N2O3/c1-6-2-3-7-8(12(14)15)4-5-9(13)10(7)11-6/h2-5,13H,1H3. The summed E-state index contributed by atoms with van der Waals surface area (Å²) in [6.07, 6.45) is 0. The van der Waals surface area contributed by atoms with Gasteiger partial charge in [-0.3, -0.25) is 10.1 Å². The number of phenols is 1. The van der Waals surface area contributed by atoms with Crippen molar-refractivity contribution >= 4 is 16.6 Å². The molecule has 0 unspecified atom stereocenters. The number of rotatable bonds is 1. The van der Waals surface area contributed by atoms with E-state index in [0.717, 1.165) is 0 Å². The van der Waals surface area contributed by atoms with E-state index in [2.05, 4.69) is 4.98 Å². The molecule has 0 aliphatic rings. The monoisotopic (exact) mass is 204 g/mol. The van der Waals surface area contributed by atoms with Crippen LogP contribution in [0.2, 0.25) is 0 Å². The number of benzene rings is 1. The highest BCUT2D eigenvalue weighted by molar-refractivity contribution is 5.92. The Bertz CT molecular complexity index is 552. The molecule has 15 heavy (non-hydrogen) atoms. The zero-order chi connectivity index (χ0) is 11.0. The minimum Gasteiger partial charge on any atom is -0.506 e. The summed E-state index contributed by atoms with van der Waals surface area (Å²) in [5.41, 5.74) is 0.929. The molecule has 1 aromatic heterocycles. The van der Waals surface area contributed by atoms with Crippen LogP contribution in [-0.2, 0) is 0 Å². The molecule has 0 atom stereocenters. The maximum absolute atomic E-state index is 10.7. The summed E-state index contributed by atoms with van der Waals surface area (Å²) in [5, 5.41) is 20.6. The number of hydrogen-bond donors (Lipinski definition) is 1. The second-order valence-electron chi connectivity index (χ2n) is 3.21. The van der Waals surface area contributed by atoms with Crippen molar-refractivity contribution in [3.8, 4) is 5.75 Å². The van der Waals surface area contributed by atoms with Crippen molar-refractivity contribution in [3.05, 3.63) is 40.1 Å². The van der Waals surface area contributed by atoms with Crippen LogP contribution in [0.1, 0.15) is 5.69 Å². The lowest BCUT2D eigenvalue weighted by Gasteiger charge is -2.01. The van der Waals surface area contributed by atoms with E-state index >= 15 is 0 Å². The van der Waals surface area contributed by atoms with Gasteiger partial charge in [0.05, 0.1) is 10.3 Å². The first-order valence-electron chi connectivity index (χ1n) is 4.33. The minimum atomic E-state index is -0.487. The fourth-order valence-electron chi connectivity index (χ4n) is 1.44. The quantitative estimate of drug-likeness (QED) is 0.570. The van der Waals surface area contributed by atoms with Crippen molar-refractivity contribution in [2.45, 2.75) is 6.92 Å². The molecule has 0 radical (unpaired) electrons. The fourth-order valence-corrected chi connectivity index (χ4v) is 1.44. The third-order valence-electron chi connectivity index (χ3n) is 2.15. The molecule has 0 spiro atoms. The number of nitrogens with zero attached hydrogens (tertiary/aromatic N) is 2. The van der Waals surface area contributed by atoms with Crippen LogP contribution in [0.4, 0.5) is 5.69 Å². The molecule has 5 nitrogen and oxygen atoms in total. The molecule has 5 heteroatoms. The third-order valence-corrected chi connectivity index (χ3v) is 2.15. The Morgan fingerprint density at radius 3 is 2.73 bits per heavy atom. The smallest absolute Gasteiger partial charge is 0.279 e. The van der Waals surface area contributed by atoms with Gasteiger partial charge in [0.15, 0.2) is 0 Å². The zero-order valence-corrected chi connectivity index (χ0v) is 7.97. The molecule has 2 rings (SSSR count). The lowest BCUT2D eigenvalue weighted by Crippen LogP contribution is -1.91. The summed E-state index contributed by atoms with van der Waals surface area (Å²) >= 11 is 0. The second kappa shape index (κ2) is 3.20. The summed E-state index contributed by atoms with van der Waals surface area (Å²) in [5.74, 6) is -0.0423. The number of hydrogen-bond acceptors (Lipinski definition) is 4. The van der Waals surface area contributed by atoms with Crippen LogP contribution in [0, 0.1) is 17.0 Å². The largest absolute Gasteiger partial charge is 0.506 e. The van der Waals surface area contributed by atoms with Crippen LogP contribution in [0.15, 0.2) is 24.3 Å². The van der Waals surface area contributed by atoms with Crippen molar-refractivity contribution in [3.63, 3.8) is 0 Å². The van der Waals surface area contributed by atoms with E-state index in [-0.39, 0.29) is 17.0 Å². The van der Waals surface area contributed by atoms with Gasteiger partial charge in [0, 0.05) is 11.8 Å². The Labute approximate surface area is 85.1 Å². The molecule has 0 saturated carbocycles. The summed E-state index contributed by atoms with van der Waals surface area (Å²) in [4.78, 5) is 14.3. The van der Waals surface area contributed by atoms with Crippen LogP contribution in [-0.4, -0.2) is 15.0 Å². The van der Waals surface area contributed by atoms with Crippen molar-refractivity contribution in [2.24, 2.45) is 0 Å². The number of nitro benzene ring substituents is 1. The summed E-state index contributed by atoms with van der Waals surface area (Å²) in [6, 6.07) is 5.83. The predicted molar refractivity (Wildman–Crippen MR) is 54.8 cm³/mol. The Kier molecular flexibility index (Phi) is 2.00. The Morgan fingerprint density at radius 1 is 1.33 bits per heavy atom. The van der Waals surface area contributed by atoms with Crippen LogP contribution < -0.4 is 0 Å². The molecule has 1 heterocycles. The molecule has 0 fully saturated rings. The maximum atomic E-state index is 10.7. The molecule has 76 valence electrons. The number of phenolic OH excluding ortho intramolecular Hbond substituents is 1. The molecule has 0 saturated heterocycles.